The molecule has 1 aliphatic carbocycles. The summed E-state index contributed by atoms with van der Waals surface area (Å²) >= 11 is 0. The van der Waals surface area contributed by atoms with Crippen LogP contribution < -0.4 is 0 Å². The van der Waals surface area contributed by atoms with Gasteiger partial charge in [-0.15, -0.1) is 0 Å². The molecule has 0 saturated carbocycles. The van der Waals surface area contributed by atoms with E-state index in [9.17, 15) is 0 Å². The first kappa shape index (κ1) is 15.8. The summed E-state index contributed by atoms with van der Waals surface area (Å²) < 4.78 is 0. The number of benzene rings is 1. The molecule has 0 amide bonds. The second-order valence-electron chi connectivity index (χ2n) is 6.90. The van der Waals surface area contributed by atoms with Crippen LogP contribution in [0.15, 0.2) is 65.3 Å². The fourth-order valence-electron chi connectivity index (χ4n) is 3.19. The summed E-state index contributed by atoms with van der Waals surface area (Å²) in [5.41, 5.74) is 6.16. The van der Waals surface area contributed by atoms with Gasteiger partial charge in [-0.1, -0.05) is 73.6 Å². The molecule has 0 fully saturated rings. The molecule has 0 N–H and O–H groups in total. The molecule has 21 heavy (non-hydrogen) atoms. The normalized spacial score (nSPS) is 19.3. The predicted molar refractivity (Wildman–Crippen MR) is 93.4 cm³/mol. The summed E-state index contributed by atoms with van der Waals surface area (Å²) in [4.78, 5) is 0. The predicted octanol–water partition coefficient (Wildman–Crippen LogP) is 6.26. The molecule has 0 unspecified atom stereocenters. The molecule has 0 nitrogen and oxygen atoms in total. The van der Waals surface area contributed by atoms with Crippen molar-refractivity contribution in [1.82, 2.24) is 0 Å². The van der Waals surface area contributed by atoms with Gasteiger partial charge in [0.1, 0.15) is 0 Å². The van der Waals surface area contributed by atoms with Crippen LogP contribution in [-0.4, -0.2) is 0 Å². The van der Waals surface area contributed by atoms with Gasteiger partial charge in [-0.25, -0.2) is 0 Å². The SMILES string of the molecule is CC1=C(/C=C/C(C)=C\Cc2ccccc2)C(C)(C)CCC1. The molecule has 0 spiro atoms. The second-order valence-corrected chi connectivity index (χ2v) is 6.90. The highest BCUT2D eigenvalue weighted by atomic mass is 14.3. The van der Waals surface area contributed by atoms with Gasteiger partial charge in [-0.3, -0.25) is 0 Å². The number of hydrogen-bond donors (Lipinski definition) is 0. The molecule has 0 aromatic heterocycles. The lowest BCUT2D eigenvalue weighted by Crippen LogP contribution is -2.19. The minimum atomic E-state index is 0.332. The smallest absolute Gasteiger partial charge is 0.00917 e. The zero-order chi connectivity index (χ0) is 15.3. The maximum absolute atomic E-state index is 2.37. The lowest BCUT2D eigenvalue weighted by molar-refractivity contribution is 0.377. The van der Waals surface area contributed by atoms with E-state index in [1.165, 1.54) is 30.4 Å². The summed E-state index contributed by atoms with van der Waals surface area (Å²) in [6, 6.07) is 10.6. The topological polar surface area (TPSA) is 0 Å². The Morgan fingerprint density at radius 1 is 1.19 bits per heavy atom. The molecule has 0 atom stereocenters. The molecule has 2 rings (SSSR count). The molecule has 0 radical (unpaired) electrons. The molecule has 1 aliphatic rings. The van der Waals surface area contributed by atoms with Crippen LogP contribution in [-0.2, 0) is 6.42 Å². The van der Waals surface area contributed by atoms with Gasteiger partial charge in [-0.05, 0) is 56.1 Å². The van der Waals surface area contributed by atoms with Crippen LogP contribution in [0.25, 0.3) is 0 Å². The van der Waals surface area contributed by atoms with E-state index in [-0.39, 0.29) is 0 Å². The zero-order valence-electron chi connectivity index (χ0n) is 13.9. The maximum Gasteiger partial charge on any atom is -0.00917 e. The molecular formula is C21H28. The summed E-state index contributed by atoms with van der Waals surface area (Å²) in [5, 5.41) is 0. The van der Waals surface area contributed by atoms with E-state index in [0.717, 1.165) is 6.42 Å². The average molecular weight is 280 g/mol. The van der Waals surface area contributed by atoms with Crippen LogP contribution in [0.4, 0.5) is 0 Å². The first-order valence-corrected chi connectivity index (χ1v) is 8.08. The van der Waals surface area contributed by atoms with Crippen molar-refractivity contribution < 1.29 is 0 Å². The van der Waals surface area contributed by atoms with Crippen LogP contribution >= 0.6 is 0 Å². The number of hydrogen-bond acceptors (Lipinski definition) is 0. The van der Waals surface area contributed by atoms with Crippen molar-refractivity contribution in [3.05, 3.63) is 70.8 Å². The molecule has 1 aromatic carbocycles. The lowest BCUT2D eigenvalue weighted by Gasteiger charge is -2.32. The average Bonchev–Trinajstić information content (AvgIpc) is 2.45. The summed E-state index contributed by atoms with van der Waals surface area (Å²) in [7, 11) is 0. The Bertz CT molecular complexity index is 553. The van der Waals surface area contributed by atoms with Gasteiger partial charge in [0.2, 0.25) is 0 Å². The van der Waals surface area contributed by atoms with Crippen molar-refractivity contribution in [2.75, 3.05) is 0 Å². The fraction of sp³-hybridized carbons (Fsp3) is 0.429. The highest BCUT2D eigenvalue weighted by molar-refractivity contribution is 5.36. The Labute approximate surface area is 130 Å². The Morgan fingerprint density at radius 2 is 1.90 bits per heavy atom. The minimum absolute atomic E-state index is 0.332. The first-order valence-electron chi connectivity index (χ1n) is 8.08. The molecule has 0 saturated heterocycles. The van der Waals surface area contributed by atoms with E-state index in [4.69, 9.17) is 0 Å². The van der Waals surface area contributed by atoms with E-state index in [1.807, 2.05) is 0 Å². The lowest BCUT2D eigenvalue weighted by atomic mass is 9.72. The van der Waals surface area contributed by atoms with Crippen LogP contribution in [0.2, 0.25) is 0 Å². The van der Waals surface area contributed by atoms with Gasteiger partial charge in [0.05, 0.1) is 0 Å². The standard InChI is InChI=1S/C21H28/c1-17(12-14-19-10-6-5-7-11-19)13-15-20-18(2)9-8-16-21(20,3)4/h5-7,10-13,15H,8-9,14,16H2,1-4H3/b15-13+,17-12-. The van der Waals surface area contributed by atoms with Crippen LogP contribution in [0.3, 0.4) is 0 Å². The van der Waals surface area contributed by atoms with Crippen LogP contribution in [0, 0.1) is 5.41 Å². The van der Waals surface area contributed by atoms with E-state index in [2.05, 4.69) is 76.3 Å². The molecule has 1 aromatic rings. The minimum Gasteiger partial charge on any atom is -0.0772 e. The molecular weight excluding hydrogens is 252 g/mol. The van der Waals surface area contributed by atoms with Crippen molar-refractivity contribution in [3.63, 3.8) is 0 Å². The Balaban J connectivity index is 2.06. The van der Waals surface area contributed by atoms with E-state index in [1.54, 1.807) is 11.1 Å². The van der Waals surface area contributed by atoms with Crippen LogP contribution in [0.1, 0.15) is 52.5 Å². The van der Waals surface area contributed by atoms with Crippen molar-refractivity contribution >= 4 is 0 Å². The molecule has 0 bridgehead atoms. The van der Waals surface area contributed by atoms with Gasteiger partial charge in [-0.2, -0.15) is 0 Å². The Morgan fingerprint density at radius 3 is 2.57 bits per heavy atom. The highest BCUT2D eigenvalue weighted by Gasteiger charge is 2.26. The monoisotopic (exact) mass is 280 g/mol. The molecule has 0 heteroatoms. The second kappa shape index (κ2) is 6.93. The largest absolute Gasteiger partial charge is 0.0772 e. The van der Waals surface area contributed by atoms with Gasteiger partial charge in [0.25, 0.3) is 0 Å². The molecule has 0 aliphatic heterocycles. The zero-order valence-corrected chi connectivity index (χ0v) is 13.9. The highest BCUT2D eigenvalue weighted by Crippen LogP contribution is 2.40. The van der Waals surface area contributed by atoms with E-state index < -0.39 is 0 Å². The molecule has 112 valence electrons. The third-order valence-electron chi connectivity index (χ3n) is 4.56. The Hall–Kier alpha value is -1.56. The molecule has 0 heterocycles. The fourth-order valence-corrected chi connectivity index (χ4v) is 3.19. The third kappa shape index (κ3) is 4.46. The van der Waals surface area contributed by atoms with Gasteiger partial charge >= 0.3 is 0 Å². The van der Waals surface area contributed by atoms with Crippen molar-refractivity contribution in [2.24, 2.45) is 5.41 Å². The van der Waals surface area contributed by atoms with Gasteiger partial charge in [0.15, 0.2) is 0 Å². The van der Waals surface area contributed by atoms with Gasteiger partial charge < -0.3 is 0 Å². The number of rotatable bonds is 4. The third-order valence-corrected chi connectivity index (χ3v) is 4.56. The van der Waals surface area contributed by atoms with Gasteiger partial charge in [0, 0.05) is 0 Å². The van der Waals surface area contributed by atoms with Crippen molar-refractivity contribution in [1.29, 1.82) is 0 Å². The van der Waals surface area contributed by atoms with E-state index >= 15 is 0 Å². The quantitative estimate of drug-likeness (QED) is 0.571. The van der Waals surface area contributed by atoms with Crippen LogP contribution in [0.5, 0.6) is 0 Å². The Kier molecular flexibility index (Phi) is 5.22. The number of allylic oxidation sites excluding steroid dienone is 6. The van der Waals surface area contributed by atoms with Crippen molar-refractivity contribution in [3.8, 4) is 0 Å². The summed E-state index contributed by atoms with van der Waals surface area (Å²) in [6.45, 7) is 9.24. The maximum atomic E-state index is 2.37. The summed E-state index contributed by atoms with van der Waals surface area (Å²) in [6.07, 6.45) is 11.9. The van der Waals surface area contributed by atoms with Crippen molar-refractivity contribution in [2.45, 2.75) is 53.4 Å². The summed E-state index contributed by atoms with van der Waals surface area (Å²) in [5.74, 6) is 0. The van der Waals surface area contributed by atoms with E-state index in [0.29, 0.717) is 5.41 Å². The first-order chi connectivity index (χ1) is 9.99.